The molecule has 0 aliphatic heterocycles. The molecule has 2 rings (SSSR count). The molecule has 0 radical (unpaired) electrons. The van der Waals surface area contributed by atoms with Gasteiger partial charge in [-0.05, 0) is 24.3 Å². The molecule has 20 heavy (non-hydrogen) atoms. The first-order valence-corrected chi connectivity index (χ1v) is 5.58. The van der Waals surface area contributed by atoms with E-state index in [1.165, 1.54) is 37.8 Å². The maximum absolute atomic E-state index is 13.7. The summed E-state index contributed by atoms with van der Waals surface area (Å²) in [6.45, 7) is 0. The van der Waals surface area contributed by atoms with E-state index in [1.54, 1.807) is 0 Å². The van der Waals surface area contributed by atoms with Gasteiger partial charge in [0.1, 0.15) is 12.1 Å². The first-order chi connectivity index (χ1) is 9.60. The van der Waals surface area contributed by atoms with Crippen molar-refractivity contribution < 1.29 is 23.1 Å². The molecule has 0 saturated carbocycles. The van der Waals surface area contributed by atoms with Crippen LogP contribution in [0.25, 0.3) is 0 Å². The van der Waals surface area contributed by atoms with Crippen molar-refractivity contribution in [3.05, 3.63) is 48.2 Å². The molecule has 6 nitrogen and oxygen atoms in total. The van der Waals surface area contributed by atoms with Crippen molar-refractivity contribution in [1.29, 1.82) is 0 Å². The maximum atomic E-state index is 13.7. The molecule has 1 aromatic carbocycles. The molecule has 104 valence electrons. The fraction of sp³-hybridized carbons (Fsp3) is 0.0769. The molecular formula is C13H11FN2O4. The fourth-order valence-electron chi connectivity index (χ4n) is 1.45. The Balaban J connectivity index is 2.09. The predicted molar refractivity (Wildman–Crippen MR) is 69.1 cm³/mol. The molecule has 1 heterocycles. The van der Waals surface area contributed by atoms with Gasteiger partial charge in [-0.2, -0.15) is 0 Å². The van der Waals surface area contributed by atoms with Gasteiger partial charge < -0.3 is 14.5 Å². The van der Waals surface area contributed by atoms with Crippen molar-refractivity contribution in [2.24, 2.45) is 0 Å². The van der Waals surface area contributed by atoms with Gasteiger partial charge in [-0.15, -0.1) is 0 Å². The number of nitrogens with one attached hydrogen (secondary N) is 2. The quantitative estimate of drug-likeness (QED) is 0.904. The van der Waals surface area contributed by atoms with Gasteiger partial charge in [0.2, 0.25) is 0 Å². The lowest BCUT2D eigenvalue weighted by Crippen LogP contribution is -2.13. The second kappa shape index (κ2) is 5.87. The molecule has 0 bridgehead atoms. The van der Waals surface area contributed by atoms with Gasteiger partial charge in [0, 0.05) is 5.69 Å². The number of anilines is 2. The van der Waals surface area contributed by atoms with Crippen LogP contribution in [0.1, 0.15) is 10.4 Å². The second-order valence-corrected chi connectivity index (χ2v) is 3.78. The molecule has 0 spiro atoms. The average Bonchev–Trinajstić information content (AvgIpc) is 2.95. The first kappa shape index (κ1) is 13.6. The molecule has 0 saturated heterocycles. The minimum Gasteiger partial charge on any atom is -0.472 e. The first-order valence-electron chi connectivity index (χ1n) is 5.58. The zero-order valence-electron chi connectivity index (χ0n) is 10.5. The van der Waals surface area contributed by atoms with Crippen molar-refractivity contribution in [3.63, 3.8) is 0 Å². The minimum absolute atomic E-state index is 0.0434. The van der Waals surface area contributed by atoms with Gasteiger partial charge in [-0.25, -0.2) is 9.18 Å². The standard InChI is InChI=1S/C13H11FN2O4/c1-19-13(18)16-11-3-2-9(6-10(11)14)15-12(17)8-4-5-20-7-8/h2-7H,1H3,(H,15,17)(H,16,18). The van der Waals surface area contributed by atoms with Crippen molar-refractivity contribution >= 4 is 23.4 Å². The van der Waals surface area contributed by atoms with E-state index in [9.17, 15) is 14.0 Å². The number of amides is 2. The Morgan fingerprint density at radius 2 is 2.05 bits per heavy atom. The summed E-state index contributed by atoms with van der Waals surface area (Å²) in [6.07, 6.45) is 1.86. The normalized spacial score (nSPS) is 9.90. The summed E-state index contributed by atoms with van der Waals surface area (Å²) < 4.78 is 22.8. The molecule has 0 atom stereocenters. The molecule has 1 aromatic heterocycles. The average molecular weight is 278 g/mol. The third kappa shape index (κ3) is 3.14. The van der Waals surface area contributed by atoms with Crippen LogP contribution in [0, 0.1) is 5.82 Å². The van der Waals surface area contributed by atoms with Crippen LogP contribution >= 0.6 is 0 Å². The lowest BCUT2D eigenvalue weighted by Gasteiger charge is -2.08. The Morgan fingerprint density at radius 3 is 2.65 bits per heavy atom. The highest BCUT2D eigenvalue weighted by Crippen LogP contribution is 2.19. The predicted octanol–water partition coefficient (Wildman–Crippen LogP) is 2.85. The zero-order valence-corrected chi connectivity index (χ0v) is 10.5. The molecule has 2 aromatic rings. The molecule has 2 N–H and O–H groups in total. The summed E-state index contributed by atoms with van der Waals surface area (Å²) >= 11 is 0. The highest BCUT2D eigenvalue weighted by atomic mass is 19.1. The van der Waals surface area contributed by atoms with Crippen LogP contribution in [0.15, 0.2) is 41.2 Å². The van der Waals surface area contributed by atoms with E-state index >= 15 is 0 Å². The highest BCUT2D eigenvalue weighted by molar-refractivity contribution is 6.04. The van der Waals surface area contributed by atoms with Gasteiger partial charge in [-0.1, -0.05) is 0 Å². The zero-order chi connectivity index (χ0) is 14.5. The van der Waals surface area contributed by atoms with Crippen LogP contribution in [0.5, 0.6) is 0 Å². The molecule has 0 unspecified atom stereocenters. The molecule has 7 heteroatoms. The number of rotatable bonds is 3. The van der Waals surface area contributed by atoms with Crippen LogP contribution in [0.2, 0.25) is 0 Å². The Morgan fingerprint density at radius 1 is 1.25 bits per heavy atom. The van der Waals surface area contributed by atoms with E-state index in [0.717, 1.165) is 6.07 Å². The summed E-state index contributed by atoms with van der Waals surface area (Å²) in [7, 11) is 1.17. The van der Waals surface area contributed by atoms with Crippen LogP contribution in [0.4, 0.5) is 20.6 Å². The molecule has 0 fully saturated rings. The van der Waals surface area contributed by atoms with Crippen molar-refractivity contribution in [1.82, 2.24) is 0 Å². The number of hydrogen-bond donors (Lipinski definition) is 2. The summed E-state index contributed by atoms with van der Waals surface area (Å²) in [5.74, 6) is -1.12. The number of furan rings is 1. The molecule has 2 amide bonds. The third-order valence-electron chi connectivity index (χ3n) is 2.43. The number of benzene rings is 1. The Kier molecular flexibility index (Phi) is 3.99. The van der Waals surface area contributed by atoms with Gasteiger partial charge in [-0.3, -0.25) is 10.1 Å². The SMILES string of the molecule is COC(=O)Nc1ccc(NC(=O)c2ccoc2)cc1F. The van der Waals surface area contributed by atoms with E-state index < -0.39 is 17.8 Å². The van der Waals surface area contributed by atoms with E-state index in [-0.39, 0.29) is 11.4 Å². The number of halogens is 1. The van der Waals surface area contributed by atoms with E-state index in [1.807, 2.05) is 0 Å². The topological polar surface area (TPSA) is 80.6 Å². The monoisotopic (exact) mass is 278 g/mol. The summed E-state index contributed by atoms with van der Waals surface area (Å²) in [4.78, 5) is 22.7. The Hall–Kier alpha value is -2.83. The Bertz CT molecular complexity index is 625. The number of methoxy groups -OCH3 is 1. The van der Waals surface area contributed by atoms with E-state index in [4.69, 9.17) is 4.42 Å². The van der Waals surface area contributed by atoms with Gasteiger partial charge in [0.05, 0.1) is 24.6 Å². The van der Waals surface area contributed by atoms with Crippen molar-refractivity contribution in [2.45, 2.75) is 0 Å². The number of ether oxygens (including phenoxy) is 1. The van der Waals surface area contributed by atoms with Crippen LogP contribution < -0.4 is 10.6 Å². The number of carbonyl (C=O) groups excluding carboxylic acids is 2. The maximum Gasteiger partial charge on any atom is 0.411 e. The van der Waals surface area contributed by atoms with Crippen LogP contribution in [0.3, 0.4) is 0 Å². The third-order valence-corrected chi connectivity index (χ3v) is 2.43. The van der Waals surface area contributed by atoms with Gasteiger partial charge in [0.15, 0.2) is 0 Å². The lowest BCUT2D eigenvalue weighted by atomic mass is 10.2. The minimum atomic E-state index is -0.779. The van der Waals surface area contributed by atoms with Crippen molar-refractivity contribution in [3.8, 4) is 0 Å². The smallest absolute Gasteiger partial charge is 0.411 e. The number of hydrogen-bond acceptors (Lipinski definition) is 4. The fourth-order valence-corrected chi connectivity index (χ4v) is 1.45. The van der Waals surface area contributed by atoms with Gasteiger partial charge in [0.25, 0.3) is 5.91 Å². The summed E-state index contributed by atoms with van der Waals surface area (Å²) in [5.41, 5.74) is 0.532. The summed E-state index contributed by atoms with van der Waals surface area (Å²) in [6, 6.07) is 5.34. The van der Waals surface area contributed by atoms with Crippen LogP contribution in [-0.4, -0.2) is 19.1 Å². The Labute approximate surface area is 113 Å². The number of carbonyl (C=O) groups is 2. The largest absolute Gasteiger partial charge is 0.472 e. The second-order valence-electron chi connectivity index (χ2n) is 3.78. The highest BCUT2D eigenvalue weighted by Gasteiger charge is 2.10. The molecule has 0 aliphatic carbocycles. The molecular weight excluding hydrogens is 267 g/mol. The lowest BCUT2D eigenvalue weighted by molar-refractivity contribution is 0.102. The van der Waals surface area contributed by atoms with Gasteiger partial charge >= 0.3 is 6.09 Å². The van der Waals surface area contributed by atoms with Crippen molar-refractivity contribution in [2.75, 3.05) is 17.7 Å². The van der Waals surface area contributed by atoms with E-state index in [2.05, 4.69) is 15.4 Å². The van der Waals surface area contributed by atoms with Crippen LogP contribution in [-0.2, 0) is 4.74 Å². The van der Waals surface area contributed by atoms with E-state index in [0.29, 0.717) is 5.56 Å². The summed E-state index contributed by atoms with van der Waals surface area (Å²) in [5, 5.41) is 4.70. The molecule has 0 aliphatic rings.